The summed E-state index contributed by atoms with van der Waals surface area (Å²) in [6.07, 6.45) is 0. The Kier molecular flexibility index (Phi) is 6.43. The van der Waals surface area contributed by atoms with Gasteiger partial charge in [0, 0.05) is 6.54 Å². The number of rotatable bonds is 7. The summed E-state index contributed by atoms with van der Waals surface area (Å²) in [5.74, 6) is -3.19. The molecule has 16 heavy (non-hydrogen) atoms. The van der Waals surface area contributed by atoms with Crippen molar-refractivity contribution in [2.75, 3.05) is 19.7 Å². The largest absolute Gasteiger partial charge is 0.390 e. The Balaban J connectivity index is 3.88. The molecule has 0 saturated heterocycles. The van der Waals surface area contributed by atoms with Crippen LogP contribution in [-0.4, -0.2) is 42.7 Å². The predicted octanol–water partition coefficient (Wildman–Crippen LogP) is 0.364. The van der Waals surface area contributed by atoms with Crippen LogP contribution in [0.3, 0.4) is 0 Å². The van der Waals surface area contributed by atoms with Crippen molar-refractivity contribution in [3.05, 3.63) is 0 Å². The van der Waals surface area contributed by atoms with Crippen molar-refractivity contribution in [1.29, 1.82) is 0 Å². The van der Waals surface area contributed by atoms with E-state index in [1.54, 1.807) is 0 Å². The minimum atomic E-state index is -3.19. The SMILES string of the molecule is CC(C)CNC(=O)C(C)NCC(F)(F)CO. The van der Waals surface area contributed by atoms with Crippen LogP contribution in [0.1, 0.15) is 20.8 Å². The molecule has 0 bridgehead atoms. The Bertz CT molecular complexity index is 223. The molecule has 0 aliphatic carbocycles. The van der Waals surface area contributed by atoms with E-state index in [1.807, 2.05) is 13.8 Å². The van der Waals surface area contributed by atoms with Crippen LogP contribution in [0.25, 0.3) is 0 Å². The Hall–Kier alpha value is -0.750. The molecule has 4 nitrogen and oxygen atoms in total. The lowest BCUT2D eigenvalue weighted by molar-refractivity contribution is -0.123. The molecule has 6 heteroatoms. The molecule has 1 atom stereocenters. The second-order valence-corrected chi connectivity index (χ2v) is 4.26. The number of aliphatic hydroxyl groups is 1. The van der Waals surface area contributed by atoms with Crippen molar-refractivity contribution in [3.63, 3.8) is 0 Å². The summed E-state index contributed by atoms with van der Waals surface area (Å²) in [5.41, 5.74) is 0. The van der Waals surface area contributed by atoms with E-state index in [2.05, 4.69) is 10.6 Å². The van der Waals surface area contributed by atoms with Crippen LogP contribution in [0, 0.1) is 5.92 Å². The summed E-state index contributed by atoms with van der Waals surface area (Å²) in [6, 6.07) is -0.698. The van der Waals surface area contributed by atoms with E-state index in [-0.39, 0.29) is 5.91 Å². The van der Waals surface area contributed by atoms with Crippen LogP contribution in [-0.2, 0) is 4.79 Å². The maximum atomic E-state index is 12.6. The smallest absolute Gasteiger partial charge is 0.282 e. The molecule has 1 amide bonds. The molecule has 0 radical (unpaired) electrons. The third kappa shape index (κ3) is 6.68. The highest BCUT2D eigenvalue weighted by Crippen LogP contribution is 2.09. The summed E-state index contributed by atoms with van der Waals surface area (Å²) >= 11 is 0. The zero-order valence-corrected chi connectivity index (χ0v) is 9.89. The van der Waals surface area contributed by atoms with Gasteiger partial charge in [0.1, 0.15) is 6.61 Å². The zero-order chi connectivity index (χ0) is 12.8. The van der Waals surface area contributed by atoms with Crippen LogP contribution < -0.4 is 10.6 Å². The standard InChI is InChI=1S/C10H20F2N2O2/c1-7(2)4-13-9(16)8(3)14-5-10(11,12)6-15/h7-8,14-15H,4-6H2,1-3H3,(H,13,16). The van der Waals surface area contributed by atoms with Crippen molar-refractivity contribution in [1.82, 2.24) is 10.6 Å². The maximum absolute atomic E-state index is 12.6. The van der Waals surface area contributed by atoms with E-state index in [0.29, 0.717) is 12.5 Å². The first-order valence-electron chi connectivity index (χ1n) is 5.28. The number of hydrogen-bond donors (Lipinski definition) is 3. The van der Waals surface area contributed by atoms with E-state index in [9.17, 15) is 13.6 Å². The molecular weight excluding hydrogens is 218 g/mol. The fraction of sp³-hybridized carbons (Fsp3) is 0.900. The van der Waals surface area contributed by atoms with E-state index in [0.717, 1.165) is 0 Å². The minimum Gasteiger partial charge on any atom is -0.390 e. The van der Waals surface area contributed by atoms with Gasteiger partial charge < -0.3 is 15.7 Å². The monoisotopic (exact) mass is 238 g/mol. The Morgan fingerprint density at radius 1 is 1.38 bits per heavy atom. The first kappa shape index (κ1) is 15.2. The highest BCUT2D eigenvalue weighted by Gasteiger charge is 2.28. The second kappa shape index (κ2) is 6.75. The third-order valence-electron chi connectivity index (χ3n) is 1.98. The number of halogens is 2. The van der Waals surface area contributed by atoms with Crippen molar-refractivity contribution in [2.45, 2.75) is 32.7 Å². The lowest BCUT2D eigenvalue weighted by atomic mass is 10.2. The molecule has 3 N–H and O–H groups in total. The van der Waals surface area contributed by atoms with Gasteiger partial charge in [0.15, 0.2) is 0 Å². The number of carbonyl (C=O) groups is 1. The average Bonchev–Trinajstić information content (AvgIpc) is 2.22. The molecule has 0 heterocycles. The van der Waals surface area contributed by atoms with E-state index in [4.69, 9.17) is 5.11 Å². The summed E-state index contributed by atoms with van der Waals surface area (Å²) in [5, 5.41) is 13.3. The summed E-state index contributed by atoms with van der Waals surface area (Å²) < 4.78 is 25.3. The first-order valence-corrected chi connectivity index (χ1v) is 5.28. The zero-order valence-electron chi connectivity index (χ0n) is 9.89. The highest BCUT2D eigenvalue weighted by atomic mass is 19.3. The number of hydrogen-bond acceptors (Lipinski definition) is 3. The number of amides is 1. The van der Waals surface area contributed by atoms with Gasteiger partial charge in [-0.05, 0) is 12.8 Å². The molecule has 0 aliphatic rings. The van der Waals surface area contributed by atoms with E-state index < -0.39 is 25.1 Å². The van der Waals surface area contributed by atoms with Gasteiger partial charge in [-0.3, -0.25) is 4.79 Å². The number of nitrogens with one attached hydrogen (secondary N) is 2. The molecule has 0 aromatic carbocycles. The van der Waals surface area contributed by atoms with Crippen molar-refractivity contribution in [3.8, 4) is 0 Å². The average molecular weight is 238 g/mol. The van der Waals surface area contributed by atoms with E-state index >= 15 is 0 Å². The van der Waals surface area contributed by atoms with Crippen molar-refractivity contribution < 1.29 is 18.7 Å². The van der Waals surface area contributed by atoms with Gasteiger partial charge in [-0.15, -0.1) is 0 Å². The van der Waals surface area contributed by atoms with Gasteiger partial charge in [0.25, 0.3) is 5.92 Å². The normalized spacial score (nSPS) is 13.9. The number of carbonyl (C=O) groups excluding carboxylic acids is 1. The molecule has 0 fully saturated rings. The molecule has 0 saturated carbocycles. The second-order valence-electron chi connectivity index (χ2n) is 4.26. The molecule has 0 aromatic heterocycles. The van der Waals surface area contributed by atoms with E-state index in [1.165, 1.54) is 6.92 Å². The summed E-state index contributed by atoms with van der Waals surface area (Å²) in [6.45, 7) is 3.97. The lowest BCUT2D eigenvalue weighted by Crippen LogP contribution is -2.47. The fourth-order valence-corrected chi connectivity index (χ4v) is 0.909. The van der Waals surface area contributed by atoms with Gasteiger partial charge in [0.2, 0.25) is 5.91 Å². The van der Waals surface area contributed by atoms with Gasteiger partial charge in [-0.1, -0.05) is 13.8 Å². The molecule has 0 aliphatic heterocycles. The molecular formula is C10H20F2N2O2. The molecule has 0 spiro atoms. The summed E-state index contributed by atoms with van der Waals surface area (Å²) in [4.78, 5) is 11.4. The van der Waals surface area contributed by atoms with Crippen LogP contribution in [0.15, 0.2) is 0 Å². The topological polar surface area (TPSA) is 61.4 Å². The lowest BCUT2D eigenvalue weighted by Gasteiger charge is -2.18. The van der Waals surface area contributed by atoms with Crippen LogP contribution >= 0.6 is 0 Å². The van der Waals surface area contributed by atoms with Crippen molar-refractivity contribution >= 4 is 5.91 Å². The Morgan fingerprint density at radius 3 is 2.38 bits per heavy atom. The van der Waals surface area contributed by atoms with Gasteiger partial charge in [-0.2, -0.15) is 0 Å². The fourth-order valence-electron chi connectivity index (χ4n) is 0.909. The highest BCUT2D eigenvalue weighted by molar-refractivity contribution is 5.81. The van der Waals surface area contributed by atoms with Crippen LogP contribution in [0.5, 0.6) is 0 Å². The number of aliphatic hydroxyl groups excluding tert-OH is 1. The van der Waals surface area contributed by atoms with Crippen molar-refractivity contribution in [2.24, 2.45) is 5.92 Å². The summed E-state index contributed by atoms with van der Waals surface area (Å²) in [7, 11) is 0. The Labute approximate surface area is 94.4 Å². The quantitative estimate of drug-likeness (QED) is 0.600. The third-order valence-corrected chi connectivity index (χ3v) is 1.98. The first-order chi connectivity index (χ1) is 7.28. The molecule has 0 aromatic rings. The predicted molar refractivity (Wildman–Crippen MR) is 57.3 cm³/mol. The van der Waals surface area contributed by atoms with Gasteiger partial charge in [0.05, 0.1) is 12.6 Å². The molecule has 0 rings (SSSR count). The van der Waals surface area contributed by atoms with Crippen LogP contribution in [0.2, 0.25) is 0 Å². The minimum absolute atomic E-state index is 0.315. The van der Waals surface area contributed by atoms with Gasteiger partial charge >= 0.3 is 0 Å². The number of alkyl halides is 2. The Morgan fingerprint density at radius 2 is 1.94 bits per heavy atom. The molecule has 96 valence electrons. The molecule has 1 unspecified atom stereocenters. The van der Waals surface area contributed by atoms with Crippen LogP contribution in [0.4, 0.5) is 8.78 Å². The van der Waals surface area contributed by atoms with Gasteiger partial charge in [-0.25, -0.2) is 8.78 Å². The maximum Gasteiger partial charge on any atom is 0.282 e.